The maximum atomic E-state index is 11.7. The fourth-order valence-corrected chi connectivity index (χ4v) is 1.99. The van der Waals surface area contributed by atoms with Crippen LogP contribution in [0.15, 0.2) is 18.2 Å². The highest BCUT2D eigenvalue weighted by Crippen LogP contribution is 2.38. The fourth-order valence-electron chi connectivity index (χ4n) is 1.99. The zero-order valence-corrected chi connectivity index (χ0v) is 9.53. The van der Waals surface area contributed by atoms with Gasteiger partial charge in [0.15, 0.2) is 11.5 Å². The van der Waals surface area contributed by atoms with Crippen molar-refractivity contribution in [2.24, 2.45) is 0 Å². The Labute approximate surface area is 94.8 Å². The highest BCUT2D eigenvalue weighted by molar-refractivity contribution is 5.97. The number of hydrogen-bond donors (Lipinski definition) is 0. The Morgan fingerprint density at radius 2 is 2.06 bits per heavy atom. The number of carbonyl (C=O) groups is 1. The molecule has 1 amide bonds. The van der Waals surface area contributed by atoms with Crippen LogP contribution in [0.25, 0.3) is 0 Å². The van der Waals surface area contributed by atoms with E-state index in [1.54, 1.807) is 19.1 Å². The Morgan fingerprint density at radius 3 is 2.62 bits per heavy atom. The molecule has 0 saturated carbocycles. The topological polar surface area (TPSA) is 38.8 Å². The number of rotatable bonds is 3. The van der Waals surface area contributed by atoms with Gasteiger partial charge in [-0.05, 0) is 18.6 Å². The second-order valence-electron chi connectivity index (χ2n) is 3.66. The van der Waals surface area contributed by atoms with E-state index in [9.17, 15) is 4.79 Å². The number of methoxy groups -OCH3 is 2. The van der Waals surface area contributed by atoms with Crippen LogP contribution in [0.3, 0.4) is 0 Å². The first kappa shape index (κ1) is 10.8. The van der Waals surface area contributed by atoms with Crippen LogP contribution in [-0.4, -0.2) is 26.7 Å². The smallest absolute Gasteiger partial charge is 0.227 e. The molecular weight excluding hydrogens is 206 g/mol. The number of anilines is 1. The summed E-state index contributed by atoms with van der Waals surface area (Å²) in [5.74, 6) is 1.42. The zero-order valence-electron chi connectivity index (χ0n) is 9.53. The predicted molar refractivity (Wildman–Crippen MR) is 61.1 cm³/mol. The minimum absolute atomic E-state index is 0.145. The minimum Gasteiger partial charge on any atom is -0.493 e. The van der Waals surface area contributed by atoms with Gasteiger partial charge in [-0.1, -0.05) is 6.07 Å². The summed E-state index contributed by atoms with van der Waals surface area (Å²) in [6.45, 7) is 0.752. The quantitative estimate of drug-likeness (QED) is 0.781. The van der Waals surface area contributed by atoms with Crippen molar-refractivity contribution in [1.82, 2.24) is 0 Å². The minimum atomic E-state index is 0.145. The Bertz CT molecular complexity index is 403. The first-order valence-corrected chi connectivity index (χ1v) is 5.29. The second kappa shape index (κ2) is 4.43. The van der Waals surface area contributed by atoms with Crippen LogP contribution >= 0.6 is 0 Å². The lowest BCUT2D eigenvalue weighted by Gasteiger charge is -2.20. The number of para-hydroxylation sites is 1. The standard InChI is InChI=1S/C12H15NO3/c1-15-10-6-3-5-9(12(10)16-2)13-8-4-7-11(13)14/h3,5-6H,4,7-8H2,1-2H3. The van der Waals surface area contributed by atoms with Crippen LogP contribution in [0.5, 0.6) is 11.5 Å². The molecule has 1 aliphatic heterocycles. The molecule has 0 radical (unpaired) electrons. The molecule has 86 valence electrons. The zero-order chi connectivity index (χ0) is 11.5. The van der Waals surface area contributed by atoms with Gasteiger partial charge in [0.05, 0.1) is 19.9 Å². The third-order valence-corrected chi connectivity index (χ3v) is 2.75. The van der Waals surface area contributed by atoms with Crippen molar-refractivity contribution in [2.75, 3.05) is 25.7 Å². The molecule has 16 heavy (non-hydrogen) atoms. The van der Waals surface area contributed by atoms with Crippen molar-refractivity contribution in [1.29, 1.82) is 0 Å². The third-order valence-electron chi connectivity index (χ3n) is 2.75. The average molecular weight is 221 g/mol. The van der Waals surface area contributed by atoms with Gasteiger partial charge in [-0.2, -0.15) is 0 Å². The van der Waals surface area contributed by atoms with Gasteiger partial charge in [0, 0.05) is 13.0 Å². The molecule has 0 spiro atoms. The molecule has 0 aromatic heterocycles. The van der Waals surface area contributed by atoms with Crippen molar-refractivity contribution in [2.45, 2.75) is 12.8 Å². The van der Waals surface area contributed by atoms with Crippen molar-refractivity contribution in [3.05, 3.63) is 18.2 Å². The first-order valence-electron chi connectivity index (χ1n) is 5.29. The van der Waals surface area contributed by atoms with Gasteiger partial charge >= 0.3 is 0 Å². The molecule has 4 heteroatoms. The SMILES string of the molecule is COc1cccc(N2CCCC2=O)c1OC. The van der Waals surface area contributed by atoms with Crippen LogP contribution in [0.1, 0.15) is 12.8 Å². The molecule has 0 bridgehead atoms. The van der Waals surface area contributed by atoms with Crippen LogP contribution in [0.4, 0.5) is 5.69 Å². The number of hydrogen-bond acceptors (Lipinski definition) is 3. The maximum absolute atomic E-state index is 11.7. The Morgan fingerprint density at radius 1 is 1.25 bits per heavy atom. The Hall–Kier alpha value is -1.71. The summed E-state index contributed by atoms with van der Waals surface area (Å²) >= 11 is 0. The lowest BCUT2D eigenvalue weighted by Crippen LogP contribution is -2.24. The second-order valence-corrected chi connectivity index (χ2v) is 3.66. The highest BCUT2D eigenvalue weighted by atomic mass is 16.5. The number of benzene rings is 1. The first-order chi connectivity index (χ1) is 7.77. The lowest BCUT2D eigenvalue weighted by molar-refractivity contribution is -0.117. The van der Waals surface area contributed by atoms with Gasteiger partial charge < -0.3 is 14.4 Å². The molecule has 1 aliphatic rings. The molecule has 0 atom stereocenters. The van der Waals surface area contributed by atoms with Crippen molar-refractivity contribution in [3.8, 4) is 11.5 Å². The summed E-state index contributed by atoms with van der Waals surface area (Å²) in [5.41, 5.74) is 0.796. The summed E-state index contributed by atoms with van der Waals surface area (Å²) in [4.78, 5) is 13.4. The summed E-state index contributed by atoms with van der Waals surface area (Å²) in [7, 11) is 3.18. The fraction of sp³-hybridized carbons (Fsp3) is 0.417. The van der Waals surface area contributed by atoms with E-state index in [1.165, 1.54) is 0 Å². The van der Waals surface area contributed by atoms with Gasteiger partial charge in [0.1, 0.15) is 0 Å². The van der Waals surface area contributed by atoms with Gasteiger partial charge in [-0.15, -0.1) is 0 Å². The number of amides is 1. The van der Waals surface area contributed by atoms with Crippen molar-refractivity contribution >= 4 is 11.6 Å². The molecule has 0 unspecified atom stereocenters. The van der Waals surface area contributed by atoms with E-state index in [2.05, 4.69) is 0 Å². The molecule has 1 fully saturated rings. The van der Waals surface area contributed by atoms with Gasteiger partial charge in [-0.3, -0.25) is 4.79 Å². The molecule has 1 saturated heterocycles. The van der Waals surface area contributed by atoms with Gasteiger partial charge in [0.2, 0.25) is 5.91 Å². The molecular formula is C12H15NO3. The Balaban J connectivity index is 2.43. The van der Waals surface area contributed by atoms with E-state index in [1.807, 2.05) is 18.2 Å². The molecule has 4 nitrogen and oxygen atoms in total. The average Bonchev–Trinajstić information content (AvgIpc) is 2.74. The normalized spacial score (nSPS) is 15.4. The van der Waals surface area contributed by atoms with E-state index in [-0.39, 0.29) is 5.91 Å². The summed E-state index contributed by atoms with van der Waals surface area (Å²) in [6.07, 6.45) is 1.51. The Kier molecular flexibility index (Phi) is 2.99. The van der Waals surface area contributed by atoms with Crippen molar-refractivity contribution < 1.29 is 14.3 Å². The van der Waals surface area contributed by atoms with Gasteiger partial charge in [0.25, 0.3) is 0 Å². The van der Waals surface area contributed by atoms with Crippen LogP contribution in [0.2, 0.25) is 0 Å². The molecule has 1 aromatic rings. The molecule has 1 aromatic carbocycles. The summed E-state index contributed by atoms with van der Waals surface area (Å²) in [6, 6.07) is 5.57. The molecule has 0 N–H and O–H groups in total. The summed E-state index contributed by atoms with van der Waals surface area (Å²) in [5, 5.41) is 0. The maximum Gasteiger partial charge on any atom is 0.227 e. The summed E-state index contributed by atoms with van der Waals surface area (Å²) < 4.78 is 10.5. The third kappa shape index (κ3) is 1.71. The largest absolute Gasteiger partial charge is 0.493 e. The van der Waals surface area contributed by atoms with E-state index in [4.69, 9.17) is 9.47 Å². The van der Waals surface area contributed by atoms with Gasteiger partial charge in [-0.25, -0.2) is 0 Å². The number of carbonyl (C=O) groups excluding carboxylic acids is 1. The monoisotopic (exact) mass is 221 g/mol. The number of nitrogens with zero attached hydrogens (tertiary/aromatic N) is 1. The van der Waals surface area contributed by atoms with E-state index >= 15 is 0 Å². The van der Waals surface area contributed by atoms with Crippen LogP contribution in [0, 0.1) is 0 Å². The number of ether oxygens (including phenoxy) is 2. The molecule has 2 rings (SSSR count). The lowest BCUT2D eigenvalue weighted by atomic mass is 10.2. The van der Waals surface area contributed by atoms with E-state index < -0.39 is 0 Å². The van der Waals surface area contributed by atoms with Crippen molar-refractivity contribution in [3.63, 3.8) is 0 Å². The molecule has 1 heterocycles. The predicted octanol–water partition coefficient (Wildman–Crippen LogP) is 1.83. The highest BCUT2D eigenvalue weighted by Gasteiger charge is 2.25. The van der Waals surface area contributed by atoms with Crippen LogP contribution in [-0.2, 0) is 4.79 Å². The van der Waals surface area contributed by atoms with E-state index in [0.717, 1.165) is 18.7 Å². The van der Waals surface area contributed by atoms with Crippen LogP contribution < -0.4 is 14.4 Å². The molecule has 0 aliphatic carbocycles. The van der Waals surface area contributed by atoms with E-state index in [0.29, 0.717) is 17.9 Å².